The zero-order chi connectivity index (χ0) is 14.0. The molecule has 0 radical (unpaired) electrons. The van der Waals surface area contributed by atoms with Crippen LogP contribution in [0.2, 0.25) is 10.0 Å². The molecule has 1 aromatic carbocycles. The summed E-state index contributed by atoms with van der Waals surface area (Å²) < 4.78 is 0.728. The van der Waals surface area contributed by atoms with Gasteiger partial charge in [0.1, 0.15) is 5.82 Å². The van der Waals surface area contributed by atoms with Crippen molar-refractivity contribution in [2.45, 2.75) is 0 Å². The normalized spacial score (nSPS) is 10.3. The summed E-state index contributed by atoms with van der Waals surface area (Å²) in [6.45, 7) is 0. The zero-order valence-corrected chi connectivity index (χ0v) is 12.4. The maximum absolute atomic E-state index is 11.0. The third kappa shape index (κ3) is 3.37. The van der Waals surface area contributed by atoms with E-state index in [4.69, 9.17) is 28.3 Å². The number of pyridine rings is 1. The van der Waals surface area contributed by atoms with Gasteiger partial charge in [-0.25, -0.2) is 9.78 Å². The summed E-state index contributed by atoms with van der Waals surface area (Å²) in [5, 5.41) is 12.6. The van der Waals surface area contributed by atoms with E-state index in [9.17, 15) is 4.79 Å². The number of aromatic nitrogens is 1. The number of halogens is 3. The Balaban J connectivity index is 2.30. The van der Waals surface area contributed by atoms with Crippen molar-refractivity contribution >= 4 is 56.6 Å². The molecule has 2 aromatic rings. The first-order valence-corrected chi connectivity index (χ1v) is 6.63. The van der Waals surface area contributed by atoms with Gasteiger partial charge in [0.15, 0.2) is 0 Å². The van der Waals surface area contributed by atoms with Crippen molar-refractivity contribution in [1.82, 2.24) is 4.98 Å². The van der Waals surface area contributed by atoms with Crippen molar-refractivity contribution in [2.75, 3.05) is 5.32 Å². The molecule has 7 heteroatoms. The standard InChI is InChI=1S/C12H7BrCl2N2O2/c13-8-3-6(1-2-9(8)14)17-11-4-7(12(18)19)10(15)5-16-11/h1-5H,(H,16,17)(H,18,19). The summed E-state index contributed by atoms with van der Waals surface area (Å²) in [7, 11) is 0. The van der Waals surface area contributed by atoms with Crippen molar-refractivity contribution in [2.24, 2.45) is 0 Å². The van der Waals surface area contributed by atoms with Gasteiger partial charge in [-0.1, -0.05) is 23.2 Å². The fourth-order valence-corrected chi connectivity index (χ4v) is 2.07. The van der Waals surface area contributed by atoms with Crippen molar-refractivity contribution in [1.29, 1.82) is 0 Å². The summed E-state index contributed by atoms with van der Waals surface area (Å²) >= 11 is 14.9. The molecule has 0 aliphatic heterocycles. The van der Waals surface area contributed by atoms with Crippen LogP contribution in [0.4, 0.5) is 11.5 Å². The number of hydrogen-bond donors (Lipinski definition) is 2. The van der Waals surface area contributed by atoms with E-state index in [1.165, 1.54) is 12.3 Å². The van der Waals surface area contributed by atoms with E-state index in [1.807, 2.05) is 0 Å². The second kappa shape index (κ2) is 5.77. The lowest BCUT2D eigenvalue weighted by molar-refractivity contribution is 0.0697. The molecule has 0 fully saturated rings. The second-order valence-corrected chi connectivity index (χ2v) is 5.28. The molecule has 0 bridgehead atoms. The molecule has 0 spiro atoms. The number of benzene rings is 1. The van der Waals surface area contributed by atoms with Gasteiger partial charge in [-0.15, -0.1) is 0 Å². The summed E-state index contributed by atoms with van der Waals surface area (Å²) in [6, 6.07) is 6.60. The maximum atomic E-state index is 11.0. The molecule has 0 saturated carbocycles. The zero-order valence-electron chi connectivity index (χ0n) is 9.32. The molecule has 0 saturated heterocycles. The SMILES string of the molecule is O=C(O)c1cc(Nc2ccc(Cl)c(Br)c2)ncc1Cl. The quantitative estimate of drug-likeness (QED) is 0.839. The minimum absolute atomic E-state index is 0.00723. The molecule has 2 rings (SSSR count). The minimum atomic E-state index is -1.10. The highest BCUT2D eigenvalue weighted by atomic mass is 79.9. The Morgan fingerprint density at radius 1 is 1.26 bits per heavy atom. The maximum Gasteiger partial charge on any atom is 0.337 e. The van der Waals surface area contributed by atoms with Crippen molar-refractivity contribution < 1.29 is 9.90 Å². The molecule has 0 unspecified atom stereocenters. The molecule has 98 valence electrons. The first-order chi connectivity index (χ1) is 8.97. The van der Waals surface area contributed by atoms with E-state index in [0.29, 0.717) is 10.8 Å². The van der Waals surface area contributed by atoms with E-state index in [-0.39, 0.29) is 10.6 Å². The van der Waals surface area contributed by atoms with Gasteiger partial charge in [0.25, 0.3) is 0 Å². The number of carbonyl (C=O) groups is 1. The summed E-state index contributed by atoms with van der Waals surface area (Å²) in [5.41, 5.74) is 0.717. The van der Waals surface area contributed by atoms with Crippen LogP contribution >= 0.6 is 39.1 Å². The molecule has 0 amide bonds. The molecule has 19 heavy (non-hydrogen) atoms. The lowest BCUT2D eigenvalue weighted by Gasteiger charge is -2.08. The first kappa shape index (κ1) is 14.1. The highest BCUT2D eigenvalue weighted by molar-refractivity contribution is 9.10. The van der Waals surface area contributed by atoms with Crippen LogP contribution in [0.15, 0.2) is 34.9 Å². The summed E-state index contributed by atoms with van der Waals surface area (Å²) in [5.74, 6) is -0.719. The number of nitrogens with one attached hydrogen (secondary N) is 1. The highest BCUT2D eigenvalue weighted by Gasteiger charge is 2.10. The van der Waals surface area contributed by atoms with Crippen molar-refractivity contribution in [3.63, 3.8) is 0 Å². The Kier molecular flexibility index (Phi) is 4.29. The number of rotatable bonds is 3. The predicted octanol–water partition coefficient (Wildman–Crippen LogP) is 4.59. The van der Waals surface area contributed by atoms with E-state index in [2.05, 4.69) is 26.2 Å². The van der Waals surface area contributed by atoms with Gasteiger partial charge < -0.3 is 10.4 Å². The van der Waals surface area contributed by atoms with Gasteiger partial charge in [-0.2, -0.15) is 0 Å². The van der Waals surface area contributed by atoms with Crippen molar-refractivity contribution in [3.8, 4) is 0 Å². The van der Waals surface area contributed by atoms with Crippen LogP contribution < -0.4 is 5.32 Å². The molecular formula is C12H7BrCl2N2O2. The van der Waals surface area contributed by atoms with Crippen LogP contribution in [-0.2, 0) is 0 Å². The molecular weight excluding hydrogens is 355 g/mol. The van der Waals surface area contributed by atoms with Gasteiger partial charge >= 0.3 is 5.97 Å². The number of aromatic carboxylic acids is 1. The fraction of sp³-hybridized carbons (Fsp3) is 0. The van der Waals surface area contributed by atoms with Crippen LogP contribution in [0.1, 0.15) is 10.4 Å². The van der Waals surface area contributed by atoms with Gasteiger partial charge in [0.2, 0.25) is 0 Å². The lowest BCUT2D eigenvalue weighted by Crippen LogP contribution is -2.01. The smallest absolute Gasteiger partial charge is 0.337 e. The largest absolute Gasteiger partial charge is 0.478 e. The third-order valence-electron chi connectivity index (χ3n) is 2.28. The number of anilines is 2. The Bertz CT molecular complexity index is 650. The molecule has 4 nitrogen and oxygen atoms in total. The molecule has 2 N–H and O–H groups in total. The molecule has 0 aliphatic rings. The average molecular weight is 362 g/mol. The summed E-state index contributed by atoms with van der Waals surface area (Å²) in [6.07, 6.45) is 1.29. The molecule has 1 aromatic heterocycles. The van der Waals surface area contributed by atoms with Crippen molar-refractivity contribution in [3.05, 3.63) is 50.5 Å². The van der Waals surface area contributed by atoms with Gasteiger partial charge in [-0.05, 0) is 40.2 Å². The number of hydrogen-bond acceptors (Lipinski definition) is 3. The molecule has 0 aliphatic carbocycles. The topological polar surface area (TPSA) is 62.2 Å². The lowest BCUT2D eigenvalue weighted by atomic mass is 10.2. The molecule has 1 heterocycles. The van der Waals surface area contributed by atoms with E-state index < -0.39 is 5.97 Å². The molecule has 0 atom stereocenters. The van der Waals surface area contributed by atoms with Crippen LogP contribution in [0.5, 0.6) is 0 Å². The van der Waals surface area contributed by atoms with E-state index in [0.717, 1.165) is 10.2 Å². The average Bonchev–Trinajstić information content (AvgIpc) is 2.36. The van der Waals surface area contributed by atoms with Crippen LogP contribution in [0, 0.1) is 0 Å². The van der Waals surface area contributed by atoms with E-state index >= 15 is 0 Å². The van der Waals surface area contributed by atoms with Crippen LogP contribution in [0.3, 0.4) is 0 Å². The monoisotopic (exact) mass is 360 g/mol. The van der Waals surface area contributed by atoms with Gasteiger partial charge in [-0.3, -0.25) is 0 Å². The van der Waals surface area contributed by atoms with Crippen LogP contribution in [0.25, 0.3) is 0 Å². The first-order valence-electron chi connectivity index (χ1n) is 5.08. The fourth-order valence-electron chi connectivity index (χ4n) is 1.39. The minimum Gasteiger partial charge on any atom is -0.478 e. The Morgan fingerprint density at radius 2 is 2.00 bits per heavy atom. The number of carboxylic acids is 1. The Labute approximate surface area is 127 Å². The predicted molar refractivity (Wildman–Crippen MR) is 78.6 cm³/mol. The Morgan fingerprint density at radius 3 is 2.63 bits per heavy atom. The van der Waals surface area contributed by atoms with Gasteiger partial charge in [0, 0.05) is 16.4 Å². The van der Waals surface area contributed by atoms with E-state index in [1.54, 1.807) is 18.2 Å². The number of carboxylic acid groups (broad SMARTS) is 1. The van der Waals surface area contributed by atoms with Crippen LogP contribution in [-0.4, -0.2) is 16.1 Å². The Hall–Kier alpha value is -1.30. The second-order valence-electron chi connectivity index (χ2n) is 3.61. The highest BCUT2D eigenvalue weighted by Crippen LogP contribution is 2.27. The summed E-state index contributed by atoms with van der Waals surface area (Å²) in [4.78, 5) is 15.0. The third-order valence-corrected chi connectivity index (χ3v) is 3.79. The van der Waals surface area contributed by atoms with Gasteiger partial charge in [0.05, 0.1) is 15.6 Å². The number of nitrogens with zero attached hydrogens (tertiary/aromatic N) is 1.